The number of rotatable bonds is 5. The Morgan fingerprint density at radius 2 is 1.94 bits per heavy atom. The van der Waals surface area contributed by atoms with Gasteiger partial charge in [-0.3, -0.25) is 0 Å². The molecule has 0 unspecified atom stereocenters. The smallest absolute Gasteiger partial charge is 0.339 e. The molecule has 1 aliphatic rings. The van der Waals surface area contributed by atoms with Gasteiger partial charge in [0.1, 0.15) is 23.4 Å². The highest BCUT2D eigenvalue weighted by atomic mass is 16.5. The monoisotopic (exact) mass is 446 g/mol. The third-order valence-corrected chi connectivity index (χ3v) is 6.22. The zero-order chi connectivity index (χ0) is 23.1. The quantitative estimate of drug-likeness (QED) is 0.424. The second-order valence-corrected chi connectivity index (χ2v) is 8.53. The minimum absolute atomic E-state index is 0.351. The van der Waals surface area contributed by atoms with Crippen LogP contribution in [0.1, 0.15) is 48.6 Å². The number of esters is 1. The summed E-state index contributed by atoms with van der Waals surface area (Å²) in [5, 5.41) is 0. The molecule has 0 aromatic carbocycles. The Morgan fingerprint density at radius 1 is 1.15 bits per heavy atom. The van der Waals surface area contributed by atoms with Crippen molar-refractivity contribution in [3.8, 4) is 11.4 Å². The van der Waals surface area contributed by atoms with Gasteiger partial charge in [-0.2, -0.15) is 0 Å². The average Bonchev–Trinajstić information content (AvgIpc) is 3.50. The van der Waals surface area contributed by atoms with Crippen LogP contribution in [0.25, 0.3) is 22.6 Å². The summed E-state index contributed by atoms with van der Waals surface area (Å²) in [5.74, 6) is 1.81. The van der Waals surface area contributed by atoms with E-state index in [-0.39, 0.29) is 0 Å². The van der Waals surface area contributed by atoms with E-state index in [1.54, 1.807) is 19.3 Å². The van der Waals surface area contributed by atoms with Gasteiger partial charge >= 0.3 is 5.97 Å². The zero-order valence-corrected chi connectivity index (χ0v) is 19.1. The summed E-state index contributed by atoms with van der Waals surface area (Å²) >= 11 is 0. The number of anilines is 1. The van der Waals surface area contributed by atoms with Gasteiger partial charge in [0.25, 0.3) is 0 Å². The number of oxazole rings is 1. The third kappa shape index (κ3) is 3.83. The number of carbonyl (C=O) groups is 1. The Labute approximate surface area is 191 Å². The lowest BCUT2D eigenvalue weighted by Crippen LogP contribution is -2.33. The summed E-state index contributed by atoms with van der Waals surface area (Å²) in [6.45, 7) is 6.71. The van der Waals surface area contributed by atoms with Crippen LogP contribution in [0.15, 0.2) is 41.3 Å². The molecule has 1 saturated heterocycles. The summed E-state index contributed by atoms with van der Waals surface area (Å²) in [6.07, 6.45) is 7.32. The van der Waals surface area contributed by atoms with Gasteiger partial charge in [0.05, 0.1) is 24.9 Å². The molecule has 5 heterocycles. The average molecular weight is 447 g/mol. The maximum Gasteiger partial charge on any atom is 0.339 e. The number of nitrogens with zero attached hydrogens (tertiary/aromatic N) is 6. The number of aryl methyl sites for hydroxylation is 1. The Kier molecular flexibility index (Phi) is 5.32. The van der Waals surface area contributed by atoms with Gasteiger partial charge in [-0.15, -0.1) is 0 Å². The lowest BCUT2D eigenvalue weighted by Gasteiger charge is -2.27. The number of carbonyl (C=O) groups excluding carboxylic acids is 1. The van der Waals surface area contributed by atoms with Crippen molar-refractivity contribution in [2.75, 3.05) is 12.0 Å². The number of hydrogen-bond acceptors (Lipinski definition) is 8. The molecule has 1 fully saturated rings. The molecule has 4 aromatic heterocycles. The SMILES string of the molecule is COC(=O)c1cnc2c(c1)nc(-c1ccc(N3[C@@H](C)CC[C@@H]3C)nc1)n2Cc1coc(C)n1. The van der Waals surface area contributed by atoms with Crippen LogP contribution in [0.5, 0.6) is 0 Å². The third-order valence-electron chi connectivity index (χ3n) is 6.22. The predicted molar refractivity (Wildman–Crippen MR) is 123 cm³/mol. The van der Waals surface area contributed by atoms with E-state index < -0.39 is 5.97 Å². The normalized spacial score (nSPS) is 18.2. The van der Waals surface area contributed by atoms with E-state index in [9.17, 15) is 4.79 Å². The standard InChI is InChI=1S/C24H26N6O3/c1-14-5-6-15(2)30(14)21-8-7-17(10-25-21)22-28-20-9-18(24(31)32-4)11-26-23(20)29(22)12-19-13-33-16(3)27-19/h7-11,13-15H,5-6,12H2,1-4H3/t14-,15-/m0/s1. The fraction of sp³-hybridized carbons (Fsp3) is 0.375. The maximum absolute atomic E-state index is 12.0. The summed E-state index contributed by atoms with van der Waals surface area (Å²) in [4.78, 5) is 32.9. The first kappa shape index (κ1) is 21.1. The van der Waals surface area contributed by atoms with Crippen molar-refractivity contribution in [2.45, 2.75) is 52.2 Å². The van der Waals surface area contributed by atoms with Crippen LogP contribution in [-0.4, -0.2) is 49.7 Å². The van der Waals surface area contributed by atoms with Crippen LogP contribution < -0.4 is 4.90 Å². The van der Waals surface area contributed by atoms with Crippen molar-refractivity contribution in [2.24, 2.45) is 0 Å². The minimum Gasteiger partial charge on any atom is -0.465 e. The van der Waals surface area contributed by atoms with Crippen LogP contribution in [0.4, 0.5) is 5.82 Å². The molecule has 0 radical (unpaired) electrons. The first-order chi connectivity index (χ1) is 15.9. The Hall–Kier alpha value is -3.75. The summed E-state index contributed by atoms with van der Waals surface area (Å²) in [7, 11) is 1.35. The highest BCUT2D eigenvalue weighted by molar-refractivity contribution is 5.92. The van der Waals surface area contributed by atoms with Crippen LogP contribution in [0.3, 0.4) is 0 Å². The number of ether oxygens (including phenoxy) is 1. The summed E-state index contributed by atoms with van der Waals surface area (Å²) in [6, 6.07) is 6.72. The first-order valence-electron chi connectivity index (χ1n) is 11.0. The Morgan fingerprint density at radius 3 is 2.58 bits per heavy atom. The van der Waals surface area contributed by atoms with Crippen molar-refractivity contribution in [3.05, 3.63) is 54.0 Å². The van der Waals surface area contributed by atoms with Crippen LogP contribution in [0.2, 0.25) is 0 Å². The van der Waals surface area contributed by atoms with E-state index in [0.29, 0.717) is 47.1 Å². The largest absolute Gasteiger partial charge is 0.465 e. The topological polar surface area (TPSA) is 99.2 Å². The number of aromatic nitrogens is 5. The number of methoxy groups -OCH3 is 1. The molecule has 0 bridgehead atoms. The highest BCUT2D eigenvalue weighted by Gasteiger charge is 2.28. The molecule has 0 N–H and O–H groups in total. The fourth-order valence-corrected chi connectivity index (χ4v) is 4.57. The van der Waals surface area contributed by atoms with Crippen LogP contribution in [0, 0.1) is 6.92 Å². The van der Waals surface area contributed by atoms with E-state index in [2.05, 4.69) is 28.7 Å². The molecule has 9 nitrogen and oxygen atoms in total. The van der Waals surface area contributed by atoms with Gasteiger partial charge in [-0.05, 0) is 44.9 Å². The molecule has 0 spiro atoms. The minimum atomic E-state index is -0.451. The van der Waals surface area contributed by atoms with Gasteiger partial charge in [0.15, 0.2) is 11.5 Å². The van der Waals surface area contributed by atoms with Gasteiger partial charge in [-0.1, -0.05) is 0 Å². The number of imidazole rings is 1. The number of pyridine rings is 2. The summed E-state index contributed by atoms with van der Waals surface area (Å²) in [5.41, 5.74) is 3.21. The van der Waals surface area contributed by atoms with E-state index in [1.165, 1.54) is 26.1 Å². The van der Waals surface area contributed by atoms with Crippen molar-refractivity contribution in [1.82, 2.24) is 24.5 Å². The van der Waals surface area contributed by atoms with Crippen molar-refractivity contribution in [1.29, 1.82) is 0 Å². The molecule has 33 heavy (non-hydrogen) atoms. The van der Waals surface area contributed by atoms with Crippen LogP contribution >= 0.6 is 0 Å². The lowest BCUT2D eigenvalue weighted by molar-refractivity contribution is 0.0600. The Bertz CT molecular complexity index is 1300. The number of fused-ring (bicyclic) bond motifs is 1. The fourth-order valence-electron chi connectivity index (χ4n) is 4.57. The second kappa shape index (κ2) is 8.31. The molecule has 0 saturated carbocycles. The van der Waals surface area contributed by atoms with Gasteiger partial charge < -0.3 is 18.6 Å². The van der Waals surface area contributed by atoms with Crippen molar-refractivity contribution >= 4 is 23.0 Å². The van der Waals surface area contributed by atoms with E-state index in [0.717, 1.165) is 17.1 Å². The molecule has 170 valence electrons. The highest BCUT2D eigenvalue weighted by Crippen LogP contribution is 2.31. The molecule has 5 rings (SSSR count). The second-order valence-electron chi connectivity index (χ2n) is 8.53. The molecule has 0 amide bonds. The molecule has 1 aliphatic heterocycles. The van der Waals surface area contributed by atoms with Gasteiger partial charge in [0, 0.05) is 37.0 Å². The molecule has 2 atom stereocenters. The van der Waals surface area contributed by atoms with Crippen molar-refractivity contribution in [3.63, 3.8) is 0 Å². The van der Waals surface area contributed by atoms with Gasteiger partial charge in [0.2, 0.25) is 0 Å². The predicted octanol–water partition coefficient (Wildman–Crippen LogP) is 4.00. The van der Waals surface area contributed by atoms with E-state index in [4.69, 9.17) is 19.1 Å². The Balaban J connectivity index is 1.58. The molecule has 9 heteroatoms. The summed E-state index contributed by atoms with van der Waals surface area (Å²) < 4.78 is 12.2. The van der Waals surface area contributed by atoms with Gasteiger partial charge in [-0.25, -0.2) is 24.7 Å². The lowest BCUT2D eigenvalue weighted by atomic mass is 10.2. The first-order valence-corrected chi connectivity index (χ1v) is 11.0. The molecule has 0 aliphatic carbocycles. The molecular weight excluding hydrogens is 420 g/mol. The number of hydrogen-bond donors (Lipinski definition) is 0. The van der Waals surface area contributed by atoms with Crippen molar-refractivity contribution < 1.29 is 13.9 Å². The van der Waals surface area contributed by atoms with E-state index >= 15 is 0 Å². The van der Waals surface area contributed by atoms with E-state index in [1.807, 2.05) is 22.9 Å². The molecule has 4 aromatic rings. The van der Waals surface area contributed by atoms with Crippen LogP contribution in [-0.2, 0) is 11.3 Å². The molecular formula is C24H26N6O3. The zero-order valence-electron chi connectivity index (χ0n) is 19.1. The maximum atomic E-state index is 12.0.